The van der Waals surface area contributed by atoms with Crippen molar-refractivity contribution in [3.05, 3.63) is 51.2 Å². The number of hydrogen-bond acceptors (Lipinski definition) is 2. The van der Waals surface area contributed by atoms with Gasteiger partial charge in [0.25, 0.3) is 5.91 Å². The average molecular weight is 345 g/mol. The average Bonchev–Trinajstić information content (AvgIpc) is 2.76. The van der Waals surface area contributed by atoms with Crippen LogP contribution in [0.5, 0.6) is 0 Å². The molecule has 0 saturated heterocycles. The van der Waals surface area contributed by atoms with Crippen LogP contribution in [0.2, 0.25) is 4.34 Å². The summed E-state index contributed by atoms with van der Waals surface area (Å²) in [6.07, 6.45) is 0. The Morgan fingerprint density at radius 3 is 2.67 bits per heavy atom. The van der Waals surface area contributed by atoms with Gasteiger partial charge in [0.1, 0.15) is 0 Å². The smallest absolute Gasteiger partial charge is 0.265 e. The molecule has 2 nitrogen and oxygen atoms in total. The third-order valence-electron chi connectivity index (χ3n) is 2.43. The summed E-state index contributed by atoms with van der Waals surface area (Å²) in [5.41, 5.74) is 1.87. The molecule has 0 aliphatic rings. The molecule has 0 radical (unpaired) electrons. The Bertz CT molecular complexity index is 568. The second kappa shape index (κ2) is 5.87. The van der Waals surface area contributed by atoms with E-state index in [1.165, 1.54) is 11.3 Å². The molecule has 1 unspecified atom stereocenters. The van der Waals surface area contributed by atoms with E-state index in [9.17, 15) is 4.79 Å². The molecule has 1 heterocycles. The van der Waals surface area contributed by atoms with Crippen molar-refractivity contribution >= 4 is 50.5 Å². The molecule has 0 spiro atoms. The fourth-order valence-corrected chi connectivity index (χ4v) is 2.92. The summed E-state index contributed by atoms with van der Waals surface area (Å²) in [5, 5.41) is 2.90. The highest BCUT2D eigenvalue weighted by atomic mass is 79.9. The van der Waals surface area contributed by atoms with Crippen LogP contribution in [0.1, 0.15) is 27.0 Å². The van der Waals surface area contributed by atoms with E-state index in [0.29, 0.717) is 9.21 Å². The first kappa shape index (κ1) is 13.6. The molecule has 1 N–H and O–H groups in total. The number of carbonyl (C=O) groups excluding carboxylic acids is 1. The molecule has 0 fully saturated rings. The number of carbonyl (C=O) groups is 1. The van der Waals surface area contributed by atoms with Gasteiger partial charge in [-0.3, -0.25) is 4.79 Å². The van der Waals surface area contributed by atoms with E-state index in [1.807, 2.05) is 31.2 Å². The number of anilines is 1. The summed E-state index contributed by atoms with van der Waals surface area (Å²) in [6.45, 7) is 2.02. The maximum Gasteiger partial charge on any atom is 0.265 e. The largest absolute Gasteiger partial charge is 0.321 e. The van der Waals surface area contributed by atoms with Gasteiger partial charge in [-0.05, 0) is 30.7 Å². The molecular formula is C13H11BrClNOS. The van der Waals surface area contributed by atoms with Crippen LogP contribution in [0.3, 0.4) is 0 Å². The molecule has 0 saturated carbocycles. The van der Waals surface area contributed by atoms with Gasteiger partial charge < -0.3 is 5.32 Å². The van der Waals surface area contributed by atoms with E-state index in [2.05, 4.69) is 21.2 Å². The van der Waals surface area contributed by atoms with Crippen LogP contribution in [0.15, 0.2) is 36.4 Å². The van der Waals surface area contributed by atoms with Gasteiger partial charge in [0.05, 0.1) is 9.21 Å². The first-order valence-corrected chi connectivity index (χ1v) is 7.48. The van der Waals surface area contributed by atoms with Crippen LogP contribution in [0.25, 0.3) is 0 Å². The molecule has 94 valence electrons. The number of para-hydroxylation sites is 1. The van der Waals surface area contributed by atoms with Gasteiger partial charge in [0, 0.05) is 10.5 Å². The van der Waals surface area contributed by atoms with Crippen LogP contribution in [0, 0.1) is 0 Å². The first-order chi connectivity index (χ1) is 8.58. The Balaban J connectivity index is 2.22. The van der Waals surface area contributed by atoms with Crippen molar-refractivity contribution in [1.82, 2.24) is 0 Å². The number of hydrogen-bond donors (Lipinski definition) is 1. The van der Waals surface area contributed by atoms with E-state index in [0.717, 1.165) is 11.3 Å². The lowest BCUT2D eigenvalue weighted by Crippen LogP contribution is -2.11. The summed E-state index contributed by atoms with van der Waals surface area (Å²) in [5.74, 6) is -0.132. The maximum atomic E-state index is 12.0. The standard InChI is InChI=1S/C13H11BrClNOS/c1-8(14)9-4-2-3-5-10(9)16-13(17)11-6-7-12(15)18-11/h2-8H,1H3,(H,16,17). The molecule has 1 aromatic heterocycles. The monoisotopic (exact) mass is 343 g/mol. The Hall–Kier alpha value is -0.840. The first-order valence-electron chi connectivity index (χ1n) is 5.37. The predicted octanol–water partition coefficient (Wildman–Crippen LogP) is 5.11. The van der Waals surface area contributed by atoms with E-state index in [1.54, 1.807) is 12.1 Å². The van der Waals surface area contributed by atoms with Crippen LogP contribution < -0.4 is 5.32 Å². The minimum Gasteiger partial charge on any atom is -0.321 e. The molecule has 18 heavy (non-hydrogen) atoms. The number of alkyl halides is 1. The summed E-state index contributed by atoms with van der Waals surface area (Å²) >= 11 is 10.6. The van der Waals surface area contributed by atoms with E-state index >= 15 is 0 Å². The molecule has 1 aromatic carbocycles. The van der Waals surface area contributed by atoms with Crippen molar-refractivity contribution in [3.63, 3.8) is 0 Å². The predicted molar refractivity (Wildman–Crippen MR) is 81.1 cm³/mol. The second-order valence-corrected chi connectivity index (χ2v) is 6.85. The molecule has 0 aliphatic carbocycles. The van der Waals surface area contributed by atoms with Crippen LogP contribution in [0.4, 0.5) is 5.69 Å². The number of halogens is 2. The fourth-order valence-electron chi connectivity index (χ4n) is 1.58. The van der Waals surface area contributed by atoms with Gasteiger partial charge >= 0.3 is 0 Å². The molecule has 0 bridgehead atoms. The third-order valence-corrected chi connectivity index (χ3v) is 4.16. The van der Waals surface area contributed by atoms with Gasteiger partial charge in [-0.1, -0.05) is 45.7 Å². The van der Waals surface area contributed by atoms with Crippen molar-refractivity contribution in [1.29, 1.82) is 0 Å². The van der Waals surface area contributed by atoms with Crippen molar-refractivity contribution in [2.24, 2.45) is 0 Å². The molecule has 1 atom stereocenters. The Morgan fingerprint density at radius 1 is 1.33 bits per heavy atom. The Kier molecular flexibility index (Phi) is 4.43. The summed E-state index contributed by atoms with van der Waals surface area (Å²) < 4.78 is 0.613. The lowest BCUT2D eigenvalue weighted by atomic mass is 10.1. The maximum absolute atomic E-state index is 12.0. The number of thiophene rings is 1. The van der Waals surface area contributed by atoms with E-state index in [-0.39, 0.29) is 10.7 Å². The van der Waals surface area contributed by atoms with Crippen LogP contribution in [-0.2, 0) is 0 Å². The highest BCUT2D eigenvalue weighted by Crippen LogP contribution is 2.29. The fraction of sp³-hybridized carbons (Fsp3) is 0.154. The minimum absolute atomic E-state index is 0.132. The molecular weight excluding hydrogens is 334 g/mol. The molecule has 2 rings (SSSR count). The number of nitrogens with one attached hydrogen (secondary N) is 1. The zero-order chi connectivity index (χ0) is 13.1. The number of amides is 1. The number of benzene rings is 1. The van der Waals surface area contributed by atoms with Crippen LogP contribution in [-0.4, -0.2) is 5.91 Å². The lowest BCUT2D eigenvalue weighted by molar-refractivity contribution is 0.103. The Labute approximate surface area is 123 Å². The van der Waals surface area contributed by atoms with Gasteiger partial charge in [-0.15, -0.1) is 11.3 Å². The Morgan fingerprint density at radius 2 is 2.06 bits per heavy atom. The highest BCUT2D eigenvalue weighted by molar-refractivity contribution is 9.09. The van der Waals surface area contributed by atoms with Crippen molar-refractivity contribution in [2.45, 2.75) is 11.8 Å². The van der Waals surface area contributed by atoms with Gasteiger partial charge in [-0.2, -0.15) is 0 Å². The normalized spacial score (nSPS) is 12.2. The summed E-state index contributed by atoms with van der Waals surface area (Å²) in [7, 11) is 0. The zero-order valence-electron chi connectivity index (χ0n) is 9.61. The summed E-state index contributed by atoms with van der Waals surface area (Å²) in [6, 6.07) is 11.2. The van der Waals surface area contributed by atoms with Crippen molar-refractivity contribution < 1.29 is 4.79 Å². The quantitative estimate of drug-likeness (QED) is 0.770. The van der Waals surface area contributed by atoms with Gasteiger partial charge in [0.15, 0.2) is 0 Å². The van der Waals surface area contributed by atoms with Crippen molar-refractivity contribution in [2.75, 3.05) is 5.32 Å². The van der Waals surface area contributed by atoms with Gasteiger partial charge in [0.2, 0.25) is 0 Å². The second-order valence-electron chi connectivity index (χ2n) is 3.76. The highest BCUT2D eigenvalue weighted by Gasteiger charge is 2.12. The third kappa shape index (κ3) is 3.13. The SMILES string of the molecule is CC(Br)c1ccccc1NC(=O)c1ccc(Cl)s1. The van der Waals surface area contributed by atoms with Crippen molar-refractivity contribution in [3.8, 4) is 0 Å². The van der Waals surface area contributed by atoms with E-state index in [4.69, 9.17) is 11.6 Å². The number of rotatable bonds is 3. The molecule has 1 amide bonds. The summed E-state index contributed by atoms with van der Waals surface area (Å²) in [4.78, 5) is 12.8. The molecule has 5 heteroatoms. The topological polar surface area (TPSA) is 29.1 Å². The van der Waals surface area contributed by atoms with E-state index < -0.39 is 0 Å². The minimum atomic E-state index is -0.132. The molecule has 0 aliphatic heterocycles. The van der Waals surface area contributed by atoms with Crippen LogP contribution >= 0.6 is 38.9 Å². The zero-order valence-corrected chi connectivity index (χ0v) is 12.8. The molecule has 2 aromatic rings. The lowest BCUT2D eigenvalue weighted by Gasteiger charge is -2.11. The van der Waals surface area contributed by atoms with Gasteiger partial charge in [-0.25, -0.2) is 0 Å².